The van der Waals surface area contributed by atoms with Crippen LogP contribution in [0.3, 0.4) is 0 Å². The molecule has 0 aromatic rings. The summed E-state index contributed by atoms with van der Waals surface area (Å²) in [5.41, 5.74) is 0. The number of carbonyl (C=O) groups is 2. The standard InChI is InChI=1S/C42H78O5/c1-3-5-7-9-11-13-15-17-18-19-20-21-22-23-24-25-27-28-30-32-34-36-41(44)46-39-40(38-43)47-42(45)37-35-33-31-29-26-16-14-12-10-8-6-4-2/h12,14,17-18,40,43H,3-11,13,15-16,19-39H2,1-2H3/b14-12+,18-17+/t40-/m0/s1. The molecule has 1 N–H and O–H groups in total. The van der Waals surface area contributed by atoms with E-state index in [9.17, 15) is 14.7 Å². The molecule has 5 heteroatoms. The third-order valence-corrected chi connectivity index (χ3v) is 8.97. The highest BCUT2D eigenvalue weighted by molar-refractivity contribution is 5.70. The highest BCUT2D eigenvalue weighted by Gasteiger charge is 2.16. The van der Waals surface area contributed by atoms with Crippen molar-refractivity contribution in [2.24, 2.45) is 0 Å². The second-order valence-electron chi connectivity index (χ2n) is 13.7. The van der Waals surface area contributed by atoms with Gasteiger partial charge in [-0.1, -0.05) is 160 Å². The molecule has 0 saturated carbocycles. The second kappa shape index (κ2) is 38.8. The second-order valence-corrected chi connectivity index (χ2v) is 13.7. The van der Waals surface area contributed by atoms with Gasteiger partial charge in [0.2, 0.25) is 0 Å². The number of esters is 2. The lowest BCUT2D eigenvalue weighted by molar-refractivity contribution is -0.161. The third-order valence-electron chi connectivity index (χ3n) is 8.97. The Morgan fingerprint density at radius 3 is 1.19 bits per heavy atom. The number of aliphatic hydroxyl groups excluding tert-OH is 1. The molecule has 0 amide bonds. The van der Waals surface area contributed by atoms with Gasteiger partial charge in [0.25, 0.3) is 0 Å². The van der Waals surface area contributed by atoms with Gasteiger partial charge in [0.1, 0.15) is 6.61 Å². The van der Waals surface area contributed by atoms with Crippen LogP contribution >= 0.6 is 0 Å². The molecule has 0 spiro atoms. The van der Waals surface area contributed by atoms with Gasteiger partial charge in [0.05, 0.1) is 6.61 Å². The van der Waals surface area contributed by atoms with E-state index in [-0.39, 0.29) is 25.2 Å². The zero-order valence-corrected chi connectivity index (χ0v) is 31.3. The van der Waals surface area contributed by atoms with Crippen LogP contribution in [0.25, 0.3) is 0 Å². The summed E-state index contributed by atoms with van der Waals surface area (Å²) in [4.78, 5) is 24.2. The van der Waals surface area contributed by atoms with Crippen LogP contribution in [0.15, 0.2) is 24.3 Å². The predicted molar refractivity (Wildman–Crippen MR) is 201 cm³/mol. The van der Waals surface area contributed by atoms with E-state index in [1.807, 2.05) is 0 Å². The Hall–Kier alpha value is -1.62. The summed E-state index contributed by atoms with van der Waals surface area (Å²) >= 11 is 0. The minimum atomic E-state index is -0.771. The first-order valence-corrected chi connectivity index (χ1v) is 20.4. The zero-order chi connectivity index (χ0) is 34.3. The Balaban J connectivity index is 3.50. The molecule has 0 aromatic carbocycles. The fourth-order valence-electron chi connectivity index (χ4n) is 5.84. The molecule has 5 nitrogen and oxygen atoms in total. The van der Waals surface area contributed by atoms with Gasteiger partial charge in [-0.25, -0.2) is 0 Å². The molecule has 0 aliphatic heterocycles. The van der Waals surface area contributed by atoms with Gasteiger partial charge in [-0.15, -0.1) is 0 Å². The quantitative estimate of drug-likeness (QED) is 0.0407. The zero-order valence-electron chi connectivity index (χ0n) is 31.3. The van der Waals surface area contributed by atoms with Crippen molar-refractivity contribution in [3.8, 4) is 0 Å². The number of unbranched alkanes of at least 4 members (excludes halogenated alkanes) is 25. The highest BCUT2D eigenvalue weighted by atomic mass is 16.6. The van der Waals surface area contributed by atoms with Crippen molar-refractivity contribution >= 4 is 11.9 Å². The number of ether oxygens (including phenoxy) is 2. The van der Waals surface area contributed by atoms with E-state index in [0.29, 0.717) is 12.8 Å². The molecule has 0 rings (SSSR count). The fraction of sp³-hybridized carbons (Fsp3) is 0.857. The maximum absolute atomic E-state index is 12.1. The lowest BCUT2D eigenvalue weighted by atomic mass is 10.0. The molecule has 0 aliphatic carbocycles. The summed E-state index contributed by atoms with van der Waals surface area (Å²) in [5.74, 6) is -0.597. The summed E-state index contributed by atoms with van der Waals surface area (Å²) < 4.78 is 10.6. The van der Waals surface area contributed by atoms with Crippen LogP contribution in [0.4, 0.5) is 0 Å². The third kappa shape index (κ3) is 37.1. The number of hydrogen-bond donors (Lipinski definition) is 1. The van der Waals surface area contributed by atoms with Gasteiger partial charge in [-0.3, -0.25) is 9.59 Å². The van der Waals surface area contributed by atoms with E-state index in [1.165, 1.54) is 141 Å². The summed E-state index contributed by atoms with van der Waals surface area (Å²) in [6.45, 7) is 4.11. The lowest BCUT2D eigenvalue weighted by Gasteiger charge is -2.15. The van der Waals surface area contributed by atoms with Crippen molar-refractivity contribution in [2.45, 2.75) is 219 Å². The van der Waals surface area contributed by atoms with Crippen molar-refractivity contribution in [2.75, 3.05) is 13.2 Å². The van der Waals surface area contributed by atoms with E-state index in [0.717, 1.165) is 44.9 Å². The minimum absolute atomic E-state index is 0.0665. The molecule has 47 heavy (non-hydrogen) atoms. The number of carbonyl (C=O) groups excluding carboxylic acids is 2. The first-order chi connectivity index (χ1) is 23.1. The smallest absolute Gasteiger partial charge is 0.306 e. The van der Waals surface area contributed by atoms with E-state index < -0.39 is 6.10 Å². The minimum Gasteiger partial charge on any atom is -0.462 e. The molecule has 0 saturated heterocycles. The maximum atomic E-state index is 12.1. The summed E-state index contributed by atoms with van der Waals surface area (Å²) in [6, 6.07) is 0. The molecular formula is C42H78O5. The highest BCUT2D eigenvalue weighted by Crippen LogP contribution is 2.14. The Kier molecular flexibility index (Phi) is 37.5. The van der Waals surface area contributed by atoms with E-state index in [2.05, 4.69) is 38.2 Å². The van der Waals surface area contributed by atoms with Crippen LogP contribution in [0, 0.1) is 0 Å². The van der Waals surface area contributed by atoms with E-state index >= 15 is 0 Å². The van der Waals surface area contributed by atoms with Gasteiger partial charge in [0.15, 0.2) is 6.10 Å². The molecule has 0 aromatic heterocycles. The molecule has 0 radical (unpaired) electrons. The molecular weight excluding hydrogens is 584 g/mol. The number of aliphatic hydroxyl groups is 1. The number of hydrogen-bond acceptors (Lipinski definition) is 5. The normalized spacial score (nSPS) is 12.3. The average molecular weight is 663 g/mol. The number of allylic oxidation sites excluding steroid dienone is 4. The predicted octanol–water partition coefficient (Wildman–Crippen LogP) is 12.7. The monoisotopic (exact) mass is 663 g/mol. The summed E-state index contributed by atoms with van der Waals surface area (Å²) in [6.07, 6.45) is 45.3. The van der Waals surface area contributed by atoms with Gasteiger partial charge < -0.3 is 14.6 Å². The Morgan fingerprint density at radius 1 is 0.468 bits per heavy atom. The molecule has 0 fully saturated rings. The molecule has 0 aliphatic rings. The van der Waals surface area contributed by atoms with Gasteiger partial charge in [0, 0.05) is 12.8 Å². The SMILES string of the molecule is CCCCC/C=C/CCCCCCCC(=O)O[C@@H](CO)COC(=O)CCCCCCCCCCCCC/C=C/CCCCCCCC. The first kappa shape index (κ1) is 45.4. The maximum Gasteiger partial charge on any atom is 0.306 e. The fourth-order valence-corrected chi connectivity index (χ4v) is 5.84. The van der Waals surface area contributed by atoms with E-state index in [1.54, 1.807) is 0 Å². The van der Waals surface area contributed by atoms with Crippen molar-refractivity contribution in [1.29, 1.82) is 0 Å². The van der Waals surface area contributed by atoms with Crippen LogP contribution in [-0.4, -0.2) is 36.4 Å². The van der Waals surface area contributed by atoms with Gasteiger partial charge >= 0.3 is 11.9 Å². The molecule has 0 heterocycles. The van der Waals surface area contributed by atoms with Crippen molar-refractivity contribution < 1.29 is 24.2 Å². The summed E-state index contributed by atoms with van der Waals surface area (Å²) in [5, 5.41) is 9.54. The molecule has 1 atom stereocenters. The molecule has 0 unspecified atom stereocenters. The Bertz CT molecular complexity index is 716. The number of rotatable bonds is 37. The first-order valence-electron chi connectivity index (χ1n) is 20.4. The van der Waals surface area contributed by atoms with Crippen molar-refractivity contribution in [3.05, 3.63) is 24.3 Å². The van der Waals surface area contributed by atoms with Crippen LogP contribution in [0.1, 0.15) is 213 Å². The topological polar surface area (TPSA) is 72.8 Å². The van der Waals surface area contributed by atoms with Crippen LogP contribution in [-0.2, 0) is 19.1 Å². The Morgan fingerprint density at radius 2 is 0.787 bits per heavy atom. The van der Waals surface area contributed by atoms with Crippen LogP contribution in [0.5, 0.6) is 0 Å². The molecule has 0 bridgehead atoms. The van der Waals surface area contributed by atoms with E-state index in [4.69, 9.17) is 9.47 Å². The van der Waals surface area contributed by atoms with Crippen LogP contribution < -0.4 is 0 Å². The van der Waals surface area contributed by atoms with Crippen LogP contribution in [0.2, 0.25) is 0 Å². The van der Waals surface area contributed by atoms with Crippen molar-refractivity contribution in [1.82, 2.24) is 0 Å². The molecule has 276 valence electrons. The van der Waals surface area contributed by atoms with Crippen molar-refractivity contribution in [3.63, 3.8) is 0 Å². The lowest BCUT2D eigenvalue weighted by Crippen LogP contribution is -2.28. The largest absolute Gasteiger partial charge is 0.462 e. The Labute approximate surface area is 292 Å². The van der Waals surface area contributed by atoms with Gasteiger partial charge in [-0.2, -0.15) is 0 Å². The van der Waals surface area contributed by atoms with Gasteiger partial charge in [-0.05, 0) is 64.2 Å². The average Bonchev–Trinajstić information content (AvgIpc) is 3.07. The summed E-state index contributed by atoms with van der Waals surface area (Å²) in [7, 11) is 0.